The van der Waals surface area contributed by atoms with Crippen LogP contribution in [0.25, 0.3) is 0 Å². The molecule has 0 radical (unpaired) electrons. The van der Waals surface area contributed by atoms with Crippen LogP contribution in [0.5, 0.6) is 0 Å². The third-order valence-corrected chi connectivity index (χ3v) is 3.63. The van der Waals surface area contributed by atoms with Gasteiger partial charge >= 0.3 is 0 Å². The van der Waals surface area contributed by atoms with E-state index in [-0.39, 0.29) is 10.6 Å². The molecule has 0 amide bonds. The van der Waals surface area contributed by atoms with Crippen molar-refractivity contribution in [3.8, 4) is 0 Å². The van der Waals surface area contributed by atoms with E-state index in [9.17, 15) is 10.1 Å². The number of benzene rings is 1. The molecular formula is C13H19BrN2O2. The zero-order valence-electron chi connectivity index (χ0n) is 11.0. The van der Waals surface area contributed by atoms with Crippen molar-refractivity contribution in [1.82, 2.24) is 0 Å². The molecule has 100 valence electrons. The predicted octanol–water partition coefficient (Wildman–Crippen LogP) is 4.66. The molecule has 0 aliphatic carbocycles. The van der Waals surface area contributed by atoms with Crippen molar-refractivity contribution in [2.75, 3.05) is 5.32 Å². The first-order valence-corrected chi connectivity index (χ1v) is 6.99. The summed E-state index contributed by atoms with van der Waals surface area (Å²) in [6.45, 7) is 6.00. The van der Waals surface area contributed by atoms with E-state index in [1.165, 1.54) is 0 Å². The average Bonchev–Trinajstić information content (AvgIpc) is 2.31. The van der Waals surface area contributed by atoms with Gasteiger partial charge in [0.15, 0.2) is 0 Å². The highest BCUT2D eigenvalue weighted by Crippen LogP contribution is 2.31. The van der Waals surface area contributed by atoms with Gasteiger partial charge in [-0.3, -0.25) is 10.1 Å². The Labute approximate surface area is 116 Å². The summed E-state index contributed by atoms with van der Waals surface area (Å²) in [5.74, 6) is 0. The SMILES string of the molecule is CCCC(CC)Nc1cc([N+](=O)[O-])c(C)cc1Br. The average molecular weight is 315 g/mol. The van der Waals surface area contributed by atoms with Gasteiger partial charge < -0.3 is 5.32 Å². The van der Waals surface area contributed by atoms with E-state index in [2.05, 4.69) is 35.1 Å². The maximum Gasteiger partial charge on any atom is 0.274 e. The summed E-state index contributed by atoms with van der Waals surface area (Å²) in [5, 5.41) is 14.3. The molecule has 1 atom stereocenters. The van der Waals surface area contributed by atoms with Crippen molar-refractivity contribution < 1.29 is 4.92 Å². The molecule has 0 spiro atoms. The second-order valence-corrected chi connectivity index (χ2v) is 5.27. The van der Waals surface area contributed by atoms with Crippen LogP contribution < -0.4 is 5.32 Å². The quantitative estimate of drug-likeness (QED) is 0.614. The van der Waals surface area contributed by atoms with Crippen molar-refractivity contribution in [3.05, 3.63) is 32.3 Å². The van der Waals surface area contributed by atoms with Crippen LogP contribution in [-0.2, 0) is 0 Å². The molecule has 0 aliphatic heterocycles. The van der Waals surface area contributed by atoms with Gasteiger partial charge in [0.05, 0.1) is 10.6 Å². The Bertz CT molecular complexity index is 435. The van der Waals surface area contributed by atoms with E-state index in [0.29, 0.717) is 11.6 Å². The number of anilines is 1. The minimum Gasteiger partial charge on any atom is -0.381 e. The van der Waals surface area contributed by atoms with E-state index in [1.807, 2.05) is 0 Å². The smallest absolute Gasteiger partial charge is 0.274 e. The summed E-state index contributed by atoms with van der Waals surface area (Å²) in [6, 6.07) is 3.75. The van der Waals surface area contributed by atoms with Gasteiger partial charge in [0.1, 0.15) is 0 Å². The molecule has 0 heterocycles. The second-order valence-electron chi connectivity index (χ2n) is 4.41. The highest BCUT2D eigenvalue weighted by atomic mass is 79.9. The van der Waals surface area contributed by atoms with Gasteiger partial charge in [0, 0.05) is 22.1 Å². The van der Waals surface area contributed by atoms with Gasteiger partial charge in [-0.1, -0.05) is 20.3 Å². The highest BCUT2D eigenvalue weighted by molar-refractivity contribution is 9.10. The van der Waals surface area contributed by atoms with Crippen LogP contribution in [0.15, 0.2) is 16.6 Å². The van der Waals surface area contributed by atoms with Crippen molar-refractivity contribution >= 4 is 27.3 Å². The maximum absolute atomic E-state index is 10.9. The van der Waals surface area contributed by atoms with Gasteiger partial charge in [0.25, 0.3) is 5.69 Å². The van der Waals surface area contributed by atoms with Crippen LogP contribution in [0.3, 0.4) is 0 Å². The summed E-state index contributed by atoms with van der Waals surface area (Å²) >= 11 is 3.45. The molecule has 0 saturated heterocycles. The van der Waals surface area contributed by atoms with Crippen molar-refractivity contribution in [2.45, 2.75) is 46.1 Å². The molecular weight excluding hydrogens is 296 g/mol. The first-order chi connectivity index (χ1) is 8.49. The molecule has 1 aromatic carbocycles. The lowest BCUT2D eigenvalue weighted by molar-refractivity contribution is -0.385. The summed E-state index contributed by atoms with van der Waals surface area (Å²) in [5.41, 5.74) is 1.63. The van der Waals surface area contributed by atoms with E-state index in [1.54, 1.807) is 19.1 Å². The van der Waals surface area contributed by atoms with Crippen molar-refractivity contribution in [2.24, 2.45) is 0 Å². The fraction of sp³-hybridized carbons (Fsp3) is 0.538. The first-order valence-electron chi connectivity index (χ1n) is 6.20. The number of hydrogen-bond acceptors (Lipinski definition) is 3. The van der Waals surface area contributed by atoms with Crippen LogP contribution in [0.2, 0.25) is 0 Å². The van der Waals surface area contributed by atoms with Crippen molar-refractivity contribution in [1.29, 1.82) is 0 Å². The third-order valence-electron chi connectivity index (χ3n) is 2.97. The first kappa shape index (κ1) is 15.0. The number of nitrogens with zero attached hydrogens (tertiary/aromatic N) is 1. The topological polar surface area (TPSA) is 55.2 Å². The molecule has 0 fully saturated rings. The fourth-order valence-corrected chi connectivity index (χ4v) is 2.49. The molecule has 1 aromatic rings. The van der Waals surface area contributed by atoms with Gasteiger partial charge in [-0.25, -0.2) is 0 Å². The molecule has 1 N–H and O–H groups in total. The number of aryl methyl sites for hydroxylation is 1. The Balaban J connectivity index is 3.01. The molecule has 0 aromatic heterocycles. The number of halogens is 1. The zero-order chi connectivity index (χ0) is 13.7. The Morgan fingerprint density at radius 1 is 1.44 bits per heavy atom. The molecule has 0 saturated carbocycles. The lowest BCUT2D eigenvalue weighted by Gasteiger charge is -2.18. The summed E-state index contributed by atoms with van der Waals surface area (Å²) in [6.07, 6.45) is 3.16. The Kier molecular flexibility index (Phi) is 5.59. The van der Waals surface area contributed by atoms with Crippen LogP contribution in [0.1, 0.15) is 38.7 Å². The second kappa shape index (κ2) is 6.73. The lowest BCUT2D eigenvalue weighted by Crippen LogP contribution is -2.18. The van der Waals surface area contributed by atoms with Gasteiger partial charge in [-0.05, 0) is 41.8 Å². The third kappa shape index (κ3) is 3.70. The standard InChI is InChI=1S/C13H19BrN2O2/c1-4-6-10(5-2)15-12-8-13(16(17)18)9(3)7-11(12)14/h7-8,10,15H,4-6H2,1-3H3. The maximum atomic E-state index is 10.9. The normalized spacial score (nSPS) is 12.2. The van der Waals surface area contributed by atoms with E-state index >= 15 is 0 Å². The molecule has 1 unspecified atom stereocenters. The van der Waals surface area contributed by atoms with Gasteiger partial charge in [-0.15, -0.1) is 0 Å². The zero-order valence-corrected chi connectivity index (χ0v) is 12.6. The molecule has 0 bridgehead atoms. The predicted molar refractivity (Wildman–Crippen MR) is 78.1 cm³/mol. The number of nitro groups is 1. The minimum absolute atomic E-state index is 0.159. The largest absolute Gasteiger partial charge is 0.381 e. The molecule has 4 nitrogen and oxygen atoms in total. The Hall–Kier alpha value is -1.10. The monoisotopic (exact) mass is 314 g/mol. The van der Waals surface area contributed by atoms with Crippen LogP contribution >= 0.6 is 15.9 Å². The number of nitro benzene ring substituents is 1. The fourth-order valence-electron chi connectivity index (χ4n) is 1.92. The number of hydrogen-bond donors (Lipinski definition) is 1. The summed E-state index contributed by atoms with van der Waals surface area (Å²) < 4.78 is 0.875. The van der Waals surface area contributed by atoms with E-state index in [0.717, 1.165) is 29.4 Å². The van der Waals surface area contributed by atoms with Gasteiger partial charge in [-0.2, -0.15) is 0 Å². The Morgan fingerprint density at radius 2 is 2.11 bits per heavy atom. The minimum atomic E-state index is -0.340. The van der Waals surface area contributed by atoms with Crippen LogP contribution in [0, 0.1) is 17.0 Å². The van der Waals surface area contributed by atoms with Gasteiger partial charge in [0.2, 0.25) is 0 Å². The van der Waals surface area contributed by atoms with E-state index in [4.69, 9.17) is 0 Å². The number of rotatable bonds is 6. The van der Waals surface area contributed by atoms with Crippen LogP contribution in [0.4, 0.5) is 11.4 Å². The van der Waals surface area contributed by atoms with Crippen LogP contribution in [-0.4, -0.2) is 11.0 Å². The Morgan fingerprint density at radius 3 is 2.61 bits per heavy atom. The lowest BCUT2D eigenvalue weighted by atomic mass is 10.1. The molecule has 18 heavy (non-hydrogen) atoms. The molecule has 1 rings (SSSR count). The highest BCUT2D eigenvalue weighted by Gasteiger charge is 2.15. The van der Waals surface area contributed by atoms with Crippen molar-refractivity contribution in [3.63, 3.8) is 0 Å². The van der Waals surface area contributed by atoms with E-state index < -0.39 is 0 Å². The number of nitrogens with one attached hydrogen (secondary N) is 1. The summed E-state index contributed by atoms with van der Waals surface area (Å²) in [7, 11) is 0. The molecule has 5 heteroatoms. The molecule has 0 aliphatic rings. The summed E-state index contributed by atoms with van der Waals surface area (Å²) in [4.78, 5) is 10.6.